The van der Waals surface area contributed by atoms with Crippen LogP contribution in [0.25, 0.3) is 6.20 Å². The highest BCUT2D eigenvalue weighted by Gasteiger charge is 2.31. The van der Waals surface area contributed by atoms with Crippen LogP contribution in [-0.2, 0) is 4.74 Å². The van der Waals surface area contributed by atoms with Crippen molar-refractivity contribution >= 4 is 17.8 Å². The number of fused-ring (bicyclic) bond motifs is 1. The van der Waals surface area contributed by atoms with Crippen molar-refractivity contribution in [3.8, 4) is 0 Å². The van der Waals surface area contributed by atoms with E-state index in [1.165, 1.54) is 29.2 Å². The molecule has 0 aliphatic carbocycles. The zero-order valence-corrected chi connectivity index (χ0v) is 13.2. The lowest BCUT2D eigenvalue weighted by Crippen LogP contribution is -2.35. The molecule has 124 valence electrons. The molecule has 1 unspecified atom stereocenters. The summed E-state index contributed by atoms with van der Waals surface area (Å²) in [6.07, 6.45) is 4.46. The summed E-state index contributed by atoms with van der Waals surface area (Å²) in [5.41, 5.74) is 1.04. The highest BCUT2D eigenvalue weighted by molar-refractivity contribution is 5.95. The van der Waals surface area contributed by atoms with Crippen molar-refractivity contribution < 1.29 is 14.5 Å². The number of carbonyl (C=O) groups excluding carboxylic acids is 1. The van der Waals surface area contributed by atoms with E-state index in [9.17, 15) is 14.9 Å². The van der Waals surface area contributed by atoms with Gasteiger partial charge in [0.05, 0.1) is 16.8 Å². The molecule has 24 heavy (non-hydrogen) atoms. The summed E-state index contributed by atoms with van der Waals surface area (Å²) in [7, 11) is 0. The van der Waals surface area contributed by atoms with Crippen LogP contribution in [0.3, 0.4) is 0 Å². The molecular weight excluding hydrogens is 312 g/mol. The fourth-order valence-electron chi connectivity index (χ4n) is 2.58. The van der Waals surface area contributed by atoms with Crippen molar-refractivity contribution in [2.24, 2.45) is 0 Å². The van der Waals surface area contributed by atoms with Gasteiger partial charge in [-0.1, -0.05) is 0 Å². The van der Waals surface area contributed by atoms with Crippen molar-refractivity contribution in [2.45, 2.75) is 20.1 Å². The lowest BCUT2D eigenvalue weighted by atomic mass is 10.1. The third kappa shape index (κ3) is 2.67. The number of rotatable bonds is 4. The van der Waals surface area contributed by atoms with E-state index in [0.717, 1.165) is 11.5 Å². The minimum atomic E-state index is -0.594. The molecule has 2 heterocycles. The Morgan fingerprint density at radius 1 is 1.33 bits per heavy atom. The Morgan fingerprint density at radius 2 is 2.04 bits per heavy atom. The molecule has 1 aliphatic heterocycles. The van der Waals surface area contributed by atoms with Crippen molar-refractivity contribution in [1.82, 2.24) is 14.5 Å². The van der Waals surface area contributed by atoms with Gasteiger partial charge in [-0.25, -0.2) is 4.98 Å². The van der Waals surface area contributed by atoms with Gasteiger partial charge in [0.15, 0.2) is 6.23 Å². The number of aromatic nitrogens is 2. The van der Waals surface area contributed by atoms with Gasteiger partial charge in [-0.3, -0.25) is 19.8 Å². The van der Waals surface area contributed by atoms with Crippen molar-refractivity contribution in [3.05, 3.63) is 63.9 Å². The Hall–Kier alpha value is -3.00. The Balaban J connectivity index is 1.92. The number of non-ortho nitro benzene ring substituents is 1. The maximum atomic E-state index is 12.8. The monoisotopic (exact) mass is 328 g/mol. The maximum Gasteiger partial charge on any atom is 0.269 e. The van der Waals surface area contributed by atoms with Gasteiger partial charge in [-0.05, 0) is 26.0 Å². The predicted octanol–water partition coefficient (Wildman–Crippen LogP) is 2.72. The predicted molar refractivity (Wildman–Crippen MR) is 85.9 cm³/mol. The topological polar surface area (TPSA) is 90.5 Å². The number of aryl methyl sites for hydroxylation is 1. The average Bonchev–Trinajstić information content (AvgIpc) is 2.96. The Kier molecular flexibility index (Phi) is 4.13. The number of benzene rings is 1. The van der Waals surface area contributed by atoms with Gasteiger partial charge in [0.2, 0.25) is 0 Å². The number of nitro benzene ring substituents is 1. The standard InChI is InChI=1S/C16H16N4O4/c1-3-24-16-14-10-17-11(2)18(14)8-9-19(16)15(21)12-4-6-13(7-5-12)20(22)23/h4-10,16H,3H2,1-2H3. The van der Waals surface area contributed by atoms with Crippen LogP contribution in [0.15, 0.2) is 36.7 Å². The van der Waals surface area contributed by atoms with Crippen LogP contribution in [0, 0.1) is 17.0 Å². The molecule has 1 aromatic heterocycles. The molecule has 8 nitrogen and oxygen atoms in total. The molecule has 1 atom stereocenters. The maximum absolute atomic E-state index is 12.8. The number of hydrogen-bond donors (Lipinski definition) is 0. The molecular formula is C16H16N4O4. The Bertz CT molecular complexity index is 810. The van der Waals surface area contributed by atoms with E-state index in [1.807, 2.05) is 18.4 Å². The minimum Gasteiger partial charge on any atom is -0.352 e. The summed E-state index contributed by atoms with van der Waals surface area (Å²) in [6.45, 7) is 4.14. The molecule has 8 heteroatoms. The van der Waals surface area contributed by atoms with Crippen LogP contribution in [0.4, 0.5) is 5.69 Å². The van der Waals surface area contributed by atoms with Gasteiger partial charge in [0.1, 0.15) is 5.82 Å². The molecule has 0 saturated heterocycles. The molecule has 0 bridgehead atoms. The van der Waals surface area contributed by atoms with E-state index in [2.05, 4.69) is 4.98 Å². The van der Waals surface area contributed by atoms with Crippen LogP contribution >= 0.6 is 0 Å². The summed E-state index contributed by atoms with van der Waals surface area (Å²) >= 11 is 0. The van der Waals surface area contributed by atoms with E-state index < -0.39 is 11.2 Å². The number of ether oxygens (including phenoxy) is 1. The zero-order valence-electron chi connectivity index (χ0n) is 13.2. The molecule has 0 spiro atoms. The molecule has 0 saturated carbocycles. The molecule has 0 radical (unpaired) electrons. The summed E-state index contributed by atoms with van der Waals surface area (Å²) in [5.74, 6) is 0.498. The third-order valence-electron chi connectivity index (χ3n) is 3.78. The molecule has 3 rings (SSSR count). The van der Waals surface area contributed by atoms with Gasteiger partial charge in [0, 0.05) is 36.7 Å². The number of nitrogens with zero attached hydrogens (tertiary/aromatic N) is 4. The highest BCUT2D eigenvalue weighted by atomic mass is 16.6. The number of amides is 1. The van der Waals surface area contributed by atoms with E-state index in [1.54, 1.807) is 18.6 Å². The Morgan fingerprint density at radius 3 is 2.67 bits per heavy atom. The van der Waals surface area contributed by atoms with Crippen LogP contribution in [0.2, 0.25) is 0 Å². The summed E-state index contributed by atoms with van der Waals surface area (Å²) in [4.78, 5) is 28.7. The first-order valence-corrected chi connectivity index (χ1v) is 7.43. The van der Waals surface area contributed by atoms with E-state index in [0.29, 0.717) is 12.2 Å². The first-order chi connectivity index (χ1) is 11.5. The van der Waals surface area contributed by atoms with E-state index in [4.69, 9.17) is 4.74 Å². The highest BCUT2D eigenvalue weighted by Crippen LogP contribution is 2.29. The smallest absolute Gasteiger partial charge is 0.269 e. The fraction of sp³-hybridized carbons (Fsp3) is 0.250. The number of carbonyl (C=O) groups is 1. The van der Waals surface area contributed by atoms with Gasteiger partial charge in [-0.15, -0.1) is 0 Å². The normalized spacial score (nSPS) is 16.1. The second-order valence-corrected chi connectivity index (χ2v) is 5.22. The van der Waals surface area contributed by atoms with Crippen LogP contribution in [0.5, 0.6) is 0 Å². The second kappa shape index (κ2) is 6.25. The lowest BCUT2D eigenvalue weighted by Gasteiger charge is -2.31. The zero-order chi connectivity index (χ0) is 17.3. The molecule has 1 aliphatic rings. The lowest BCUT2D eigenvalue weighted by molar-refractivity contribution is -0.384. The third-order valence-corrected chi connectivity index (χ3v) is 3.78. The summed E-state index contributed by atoms with van der Waals surface area (Å²) in [6, 6.07) is 5.50. The van der Waals surface area contributed by atoms with Crippen molar-refractivity contribution in [2.75, 3.05) is 6.61 Å². The molecule has 1 amide bonds. The van der Waals surface area contributed by atoms with Crippen LogP contribution < -0.4 is 0 Å². The van der Waals surface area contributed by atoms with E-state index >= 15 is 0 Å². The average molecular weight is 328 g/mol. The molecule has 0 fully saturated rings. The number of imidazole rings is 1. The summed E-state index contributed by atoms with van der Waals surface area (Å²) in [5, 5.41) is 10.7. The van der Waals surface area contributed by atoms with E-state index in [-0.39, 0.29) is 11.6 Å². The molecule has 0 N–H and O–H groups in total. The fourth-order valence-corrected chi connectivity index (χ4v) is 2.58. The van der Waals surface area contributed by atoms with Gasteiger partial charge in [0.25, 0.3) is 11.6 Å². The number of nitro groups is 1. The van der Waals surface area contributed by atoms with Crippen molar-refractivity contribution in [3.63, 3.8) is 0 Å². The minimum absolute atomic E-state index is 0.0594. The Labute approximate surface area is 138 Å². The number of hydrogen-bond acceptors (Lipinski definition) is 5. The van der Waals surface area contributed by atoms with Crippen LogP contribution in [0.1, 0.15) is 35.0 Å². The first-order valence-electron chi connectivity index (χ1n) is 7.43. The van der Waals surface area contributed by atoms with Gasteiger partial charge >= 0.3 is 0 Å². The quantitative estimate of drug-likeness (QED) is 0.636. The SMILES string of the molecule is CCOC1c2cnc(C)n2C=CN1C(=O)c1ccc([N+](=O)[O-])cc1. The van der Waals surface area contributed by atoms with Gasteiger partial charge < -0.3 is 9.30 Å². The van der Waals surface area contributed by atoms with Crippen molar-refractivity contribution in [1.29, 1.82) is 0 Å². The first kappa shape index (κ1) is 15.9. The second-order valence-electron chi connectivity index (χ2n) is 5.22. The largest absolute Gasteiger partial charge is 0.352 e. The van der Waals surface area contributed by atoms with Crippen LogP contribution in [-0.4, -0.2) is 31.9 Å². The van der Waals surface area contributed by atoms with Gasteiger partial charge in [-0.2, -0.15) is 0 Å². The summed E-state index contributed by atoms with van der Waals surface area (Å²) < 4.78 is 7.59. The molecule has 2 aromatic rings. The molecule has 1 aromatic carbocycles.